The molecule has 0 spiro atoms. The van der Waals surface area contributed by atoms with Crippen molar-refractivity contribution in [1.82, 2.24) is 0 Å². The first kappa shape index (κ1) is 22.0. The SMILES string of the molecule is COc1ccc(Br)c(CNc2ccc(F)c(Cl)c2)c1OCc1ccc(Cl)c(Cl)c1. The summed E-state index contributed by atoms with van der Waals surface area (Å²) in [5, 5.41) is 4.22. The van der Waals surface area contributed by atoms with Gasteiger partial charge in [0.25, 0.3) is 0 Å². The zero-order chi connectivity index (χ0) is 21.0. The maximum Gasteiger partial charge on any atom is 0.167 e. The highest BCUT2D eigenvalue weighted by Crippen LogP contribution is 2.37. The van der Waals surface area contributed by atoms with Crippen molar-refractivity contribution in [2.45, 2.75) is 13.2 Å². The fourth-order valence-electron chi connectivity index (χ4n) is 2.65. The topological polar surface area (TPSA) is 30.5 Å². The second kappa shape index (κ2) is 9.90. The predicted molar refractivity (Wildman–Crippen MR) is 120 cm³/mol. The minimum atomic E-state index is -0.467. The van der Waals surface area contributed by atoms with Gasteiger partial charge in [-0.15, -0.1) is 0 Å². The molecule has 0 atom stereocenters. The second-order valence-corrected chi connectivity index (χ2v) is 8.15. The molecule has 0 aromatic heterocycles. The summed E-state index contributed by atoms with van der Waals surface area (Å²) in [7, 11) is 1.58. The van der Waals surface area contributed by atoms with Gasteiger partial charge in [0, 0.05) is 22.3 Å². The largest absolute Gasteiger partial charge is 0.493 e. The number of hydrogen-bond donors (Lipinski definition) is 1. The molecule has 0 fully saturated rings. The Hall–Kier alpha value is -1.66. The number of hydrogen-bond acceptors (Lipinski definition) is 3. The summed E-state index contributed by atoms with van der Waals surface area (Å²) in [4.78, 5) is 0. The van der Waals surface area contributed by atoms with E-state index in [1.54, 1.807) is 25.3 Å². The van der Waals surface area contributed by atoms with E-state index in [-0.39, 0.29) is 11.6 Å². The average Bonchev–Trinajstić information content (AvgIpc) is 2.70. The number of anilines is 1. The van der Waals surface area contributed by atoms with Gasteiger partial charge in [-0.2, -0.15) is 0 Å². The van der Waals surface area contributed by atoms with E-state index in [9.17, 15) is 4.39 Å². The van der Waals surface area contributed by atoms with Gasteiger partial charge in [-0.1, -0.05) is 56.8 Å². The zero-order valence-corrected chi connectivity index (χ0v) is 19.1. The summed E-state index contributed by atoms with van der Waals surface area (Å²) in [6.45, 7) is 0.676. The minimum Gasteiger partial charge on any atom is -0.493 e. The molecule has 3 nitrogen and oxygen atoms in total. The first-order valence-corrected chi connectivity index (χ1v) is 10.4. The number of ether oxygens (including phenoxy) is 2. The number of nitrogens with one attached hydrogen (secondary N) is 1. The van der Waals surface area contributed by atoms with Crippen molar-refractivity contribution in [3.8, 4) is 11.5 Å². The van der Waals surface area contributed by atoms with Crippen molar-refractivity contribution in [3.63, 3.8) is 0 Å². The highest BCUT2D eigenvalue weighted by atomic mass is 79.9. The van der Waals surface area contributed by atoms with E-state index >= 15 is 0 Å². The van der Waals surface area contributed by atoms with E-state index in [1.165, 1.54) is 12.1 Å². The lowest BCUT2D eigenvalue weighted by Gasteiger charge is -2.18. The van der Waals surface area contributed by atoms with Gasteiger partial charge in [-0.3, -0.25) is 0 Å². The molecular weight excluding hydrogens is 503 g/mol. The van der Waals surface area contributed by atoms with Crippen molar-refractivity contribution < 1.29 is 13.9 Å². The molecule has 0 bridgehead atoms. The number of rotatable bonds is 7. The molecular formula is C21H16BrCl3FNO2. The van der Waals surface area contributed by atoms with Crippen LogP contribution in [0.2, 0.25) is 15.1 Å². The van der Waals surface area contributed by atoms with Crippen LogP contribution >= 0.6 is 50.7 Å². The summed E-state index contributed by atoms with van der Waals surface area (Å²) in [6, 6.07) is 13.5. The molecule has 0 aliphatic rings. The van der Waals surface area contributed by atoms with Gasteiger partial charge >= 0.3 is 0 Å². The Kier molecular flexibility index (Phi) is 7.52. The first-order valence-electron chi connectivity index (χ1n) is 8.50. The molecule has 0 aliphatic heterocycles. The van der Waals surface area contributed by atoms with Crippen LogP contribution in [0.15, 0.2) is 53.0 Å². The van der Waals surface area contributed by atoms with E-state index in [1.807, 2.05) is 18.2 Å². The van der Waals surface area contributed by atoms with Crippen LogP contribution in [0.3, 0.4) is 0 Å². The Morgan fingerprint density at radius 3 is 2.45 bits per heavy atom. The Morgan fingerprint density at radius 2 is 1.76 bits per heavy atom. The number of methoxy groups -OCH3 is 1. The average molecular weight is 520 g/mol. The molecule has 0 unspecified atom stereocenters. The van der Waals surface area contributed by atoms with E-state index in [4.69, 9.17) is 44.3 Å². The van der Waals surface area contributed by atoms with Gasteiger partial charge < -0.3 is 14.8 Å². The van der Waals surface area contributed by atoms with Crippen molar-refractivity contribution in [3.05, 3.63) is 85.0 Å². The van der Waals surface area contributed by atoms with Gasteiger partial charge in [-0.25, -0.2) is 4.39 Å². The summed E-state index contributed by atoms with van der Waals surface area (Å²) >= 11 is 21.5. The van der Waals surface area contributed by atoms with Gasteiger partial charge in [0.15, 0.2) is 11.5 Å². The lowest BCUT2D eigenvalue weighted by Crippen LogP contribution is -2.06. The molecule has 3 aromatic carbocycles. The standard InChI is InChI=1S/C21H16BrCl3FNO2/c1-28-20-7-4-15(22)14(10-27-13-3-6-19(26)18(25)9-13)21(20)29-11-12-2-5-16(23)17(24)8-12/h2-9,27H,10-11H2,1H3. The van der Waals surface area contributed by atoms with Gasteiger partial charge in [0.2, 0.25) is 0 Å². The summed E-state index contributed by atoms with van der Waals surface area (Å²) in [5.74, 6) is 0.696. The Bertz CT molecular complexity index is 1030. The van der Waals surface area contributed by atoms with Crippen LogP contribution in [-0.4, -0.2) is 7.11 Å². The number of benzene rings is 3. The lowest BCUT2D eigenvalue weighted by molar-refractivity contribution is 0.281. The van der Waals surface area contributed by atoms with Crippen molar-refractivity contribution in [2.24, 2.45) is 0 Å². The molecule has 0 saturated carbocycles. The Morgan fingerprint density at radius 1 is 0.966 bits per heavy atom. The number of halogens is 5. The van der Waals surface area contributed by atoms with Gasteiger partial charge in [0.05, 0.1) is 22.2 Å². The molecule has 0 radical (unpaired) electrons. The third kappa shape index (κ3) is 5.48. The van der Waals surface area contributed by atoms with E-state index < -0.39 is 5.82 Å². The molecule has 0 aliphatic carbocycles. The van der Waals surface area contributed by atoms with Crippen molar-refractivity contribution >= 4 is 56.4 Å². The summed E-state index contributed by atoms with van der Waals surface area (Å²) in [6.07, 6.45) is 0. The molecule has 152 valence electrons. The third-order valence-electron chi connectivity index (χ3n) is 4.14. The van der Waals surface area contributed by atoms with Gasteiger partial charge in [-0.05, 0) is 48.0 Å². The monoisotopic (exact) mass is 517 g/mol. The maximum absolute atomic E-state index is 13.4. The third-order valence-corrected chi connectivity index (χ3v) is 5.91. The van der Waals surface area contributed by atoms with Crippen molar-refractivity contribution in [2.75, 3.05) is 12.4 Å². The lowest BCUT2D eigenvalue weighted by atomic mass is 10.1. The molecule has 1 N–H and O–H groups in total. The highest BCUT2D eigenvalue weighted by Gasteiger charge is 2.15. The van der Waals surface area contributed by atoms with E-state index in [2.05, 4.69) is 21.2 Å². The minimum absolute atomic E-state index is 0.0517. The van der Waals surface area contributed by atoms with Crippen LogP contribution in [0.4, 0.5) is 10.1 Å². The van der Waals surface area contributed by atoms with E-state index in [0.29, 0.717) is 33.8 Å². The van der Waals surface area contributed by atoms with E-state index in [0.717, 1.165) is 15.6 Å². The van der Waals surface area contributed by atoms with Crippen LogP contribution in [0.25, 0.3) is 0 Å². The Labute approximate surface area is 191 Å². The summed E-state index contributed by atoms with van der Waals surface area (Å²) in [5.41, 5.74) is 2.39. The first-order chi connectivity index (χ1) is 13.9. The van der Waals surface area contributed by atoms with Crippen LogP contribution in [0.5, 0.6) is 11.5 Å². The highest BCUT2D eigenvalue weighted by molar-refractivity contribution is 9.10. The molecule has 3 aromatic rings. The molecule has 8 heteroatoms. The Balaban J connectivity index is 1.83. The van der Waals surface area contributed by atoms with Crippen LogP contribution in [0.1, 0.15) is 11.1 Å². The fraction of sp³-hybridized carbons (Fsp3) is 0.143. The van der Waals surface area contributed by atoms with Crippen LogP contribution in [-0.2, 0) is 13.2 Å². The van der Waals surface area contributed by atoms with Gasteiger partial charge in [0.1, 0.15) is 12.4 Å². The smallest absolute Gasteiger partial charge is 0.167 e. The predicted octanol–water partition coefficient (Wildman–Crippen LogP) is 7.75. The molecule has 0 saturated heterocycles. The summed E-state index contributed by atoms with van der Waals surface area (Å²) < 4.78 is 25.8. The normalized spacial score (nSPS) is 10.7. The quantitative estimate of drug-likeness (QED) is 0.346. The fourth-order valence-corrected chi connectivity index (χ4v) is 3.60. The van der Waals surface area contributed by atoms with Crippen LogP contribution in [0, 0.1) is 5.82 Å². The molecule has 3 rings (SSSR count). The van der Waals surface area contributed by atoms with Crippen molar-refractivity contribution in [1.29, 1.82) is 0 Å². The maximum atomic E-state index is 13.4. The zero-order valence-electron chi connectivity index (χ0n) is 15.2. The second-order valence-electron chi connectivity index (χ2n) is 6.08. The molecule has 29 heavy (non-hydrogen) atoms. The molecule has 0 amide bonds. The van der Waals surface area contributed by atoms with Crippen LogP contribution < -0.4 is 14.8 Å². The molecule has 0 heterocycles.